The van der Waals surface area contributed by atoms with E-state index in [1.54, 1.807) is 0 Å². The SMILES string of the molecule is [B]c1c([B])c([B])c2c(c1[B])c1c([B])c(-c3ccc4c(c3)c3c(-c5ccccc5)cccc3n4-c3ccccc3)c([B])c([B])c1n2-c1ccccc1. The van der Waals surface area contributed by atoms with Crippen molar-refractivity contribution < 1.29 is 0 Å². The number of rotatable bonds is 4. The van der Waals surface area contributed by atoms with Gasteiger partial charge >= 0.3 is 0 Å². The minimum atomic E-state index is 0.187. The molecule has 0 amide bonds. The lowest BCUT2D eigenvalue weighted by molar-refractivity contribution is 1.18. The van der Waals surface area contributed by atoms with Crippen LogP contribution in [0.4, 0.5) is 0 Å². The summed E-state index contributed by atoms with van der Waals surface area (Å²) in [5, 5.41) is 3.31. The van der Waals surface area contributed by atoms with Crippen LogP contribution in [0.15, 0.2) is 127 Å². The van der Waals surface area contributed by atoms with Gasteiger partial charge in [0, 0.05) is 38.6 Å². The summed E-state index contributed by atoms with van der Waals surface area (Å²) >= 11 is 0. The second-order valence-corrected chi connectivity index (χ2v) is 12.9. The van der Waals surface area contributed by atoms with Crippen molar-refractivity contribution in [3.63, 3.8) is 0 Å². The van der Waals surface area contributed by atoms with Gasteiger partial charge in [0.15, 0.2) is 0 Å². The average molecular weight is 629 g/mol. The second kappa shape index (κ2) is 11.8. The van der Waals surface area contributed by atoms with E-state index in [1.165, 1.54) is 0 Å². The molecule has 0 saturated carbocycles. The quantitative estimate of drug-likeness (QED) is 0.266. The number of hydrogen-bond donors (Lipinski definition) is 0. The maximum absolute atomic E-state index is 7.24. The zero-order chi connectivity index (χ0) is 35.1. The maximum Gasteiger partial charge on any atom is 0.115 e. The summed E-state index contributed by atoms with van der Waals surface area (Å²) in [5.74, 6) is 0. The molecule has 0 bridgehead atoms. The van der Waals surface area contributed by atoms with E-state index in [0.717, 1.165) is 49.9 Å². The molecule has 220 valence electrons. The summed E-state index contributed by atoms with van der Waals surface area (Å²) in [6, 6.07) is 43.1. The largest absolute Gasteiger partial charge is 0.311 e. The van der Waals surface area contributed by atoms with E-state index in [0.29, 0.717) is 43.8 Å². The first-order chi connectivity index (χ1) is 24.8. The van der Waals surface area contributed by atoms with Crippen LogP contribution in [0.25, 0.3) is 77.2 Å². The van der Waals surface area contributed by atoms with Gasteiger partial charge in [-0.2, -0.15) is 0 Å². The molecule has 0 saturated heterocycles. The number of hydrogen-bond acceptors (Lipinski definition) is 0. The lowest BCUT2D eigenvalue weighted by Gasteiger charge is -2.19. The molecular formula is C42H21B7N2. The Hall–Kier alpha value is -5.41. The Morgan fingerprint density at radius 3 is 1.55 bits per heavy atom. The van der Waals surface area contributed by atoms with Crippen LogP contribution in [0.2, 0.25) is 0 Å². The van der Waals surface area contributed by atoms with Gasteiger partial charge in [-0.1, -0.05) is 112 Å². The van der Waals surface area contributed by atoms with Crippen LogP contribution in [0.3, 0.4) is 0 Å². The van der Waals surface area contributed by atoms with Crippen LogP contribution in [-0.4, -0.2) is 64.1 Å². The molecular weight excluding hydrogens is 608 g/mol. The molecule has 2 aromatic heterocycles. The topological polar surface area (TPSA) is 9.86 Å². The van der Waals surface area contributed by atoms with E-state index < -0.39 is 0 Å². The third-order valence-electron chi connectivity index (χ3n) is 10.1. The average Bonchev–Trinajstić information content (AvgIpc) is 3.71. The molecule has 9 rings (SSSR count). The van der Waals surface area contributed by atoms with Crippen molar-refractivity contribution in [3.05, 3.63) is 127 Å². The van der Waals surface area contributed by atoms with E-state index in [-0.39, 0.29) is 21.9 Å². The molecule has 0 spiro atoms. The van der Waals surface area contributed by atoms with Crippen LogP contribution >= 0.6 is 0 Å². The van der Waals surface area contributed by atoms with E-state index in [1.807, 2.05) is 65.2 Å². The molecule has 0 atom stereocenters. The Labute approximate surface area is 305 Å². The number of fused-ring (bicyclic) bond motifs is 6. The van der Waals surface area contributed by atoms with Gasteiger partial charge in [-0.05, 0) is 70.1 Å². The Bertz CT molecular complexity index is 2860. The molecule has 14 radical (unpaired) electrons. The van der Waals surface area contributed by atoms with Gasteiger partial charge in [-0.3, -0.25) is 0 Å². The highest BCUT2D eigenvalue weighted by Crippen LogP contribution is 2.40. The molecule has 2 heterocycles. The zero-order valence-electron chi connectivity index (χ0n) is 27.6. The molecule has 0 aliphatic rings. The van der Waals surface area contributed by atoms with Gasteiger partial charge in [-0.25, -0.2) is 0 Å². The summed E-state index contributed by atoms with van der Waals surface area (Å²) in [6.45, 7) is 0. The van der Waals surface area contributed by atoms with Gasteiger partial charge in [0.2, 0.25) is 0 Å². The first kappa shape index (κ1) is 31.6. The summed E-state index contributed by atoms with van der Waals surface area (Å²) in [6.07, 6.45) is 0. The summed E-state index contributed by atoms with van der Waals surface area (Å²) in [4.78, 5) is 0. The Kier molecular flexibility index (Phi) is 7.33. The molecule has 0 fully saturated rings. The van der Waals surface area contributed by atoms with Crippen molar-refractivity contribution in [2.75, 3.05) is 0 Å². The highest BCUT2D eigenvalue weighted by Gasteiger charge is 2.25. The fourth-order valence-electron chi connectivity index (χ4n) is 7.78. The van der Waals surface area contributed by atoms with Crippen molar-refractivity contribution in [2.24, 2.45) is 0 Å². The summed E-state index contributed by atoms with van der Waals surface area (Å²) in [7, 11) is 47.6. The van der Waals surface area contributed by atoms with E-state index in [2.05, 4.69) is 71.3 Å². The minimum absolute atomic E-state index is 0.187. The summed E-state index contributed by atoms with van der Waals surface area (Å²) in [5.41, 5.74) is 10.7. The zero-order valence-corrected chi connectivity index (χ0v) is 27.6. The number of para-hydroxylation sites is 2. The smallest absolute Gasteiger partial charge is 0.115 e. The molecule has 2 nitrogen and oxygen atoms in total. The third kappa shape index (κ3) is 4.53. The van der Waals surface area contributed by atoms with Crippen LogP contribution in [0.5, 0.6) is 0 Å². The van der Waals surface area contributed by atoms with Crippen LogP contribution in [-0.2, 0) is 0 Å². The van der Waals surface area contributed by atoms with Gasteiger partial charge < -0.3 is 9.13 Å². The van der Waals surface area contributed by atoms with Crippen molar-refractivity contribution in [1.82, 2.24) is 9.13 Å². The third-order valence-corrected chi connectivity index (χ3v) is 10.1. The lowest BCUT2D eigenvalue weighted by atomic mass is 9.64. The monoisotopic (exact) mass is 630 g/mol. The molecule has 0 aliphatic carbocycles. The van der Waals surface area contributed by atoms with Crippen LogP contribution in [0, 0.1) is 0 Å². The first-order valence-corrected chi connectivity index (χ1v) is 16.6. The fraction of sp³-hybridized carbons (Fsp3) is 0. The molecule has 0 N–H and O–H groups in total. The normalized spacial score (nSPS) is 11.7. The van der Waals surface area contributed by atoms with Gasteiger partial charge in [0.25, 0.3) is 0 Å². The van der Waals surface area contributed by atoms with Crippen LogP contribution < -0.4 is 38.2 Å². The maximum atomic E-state index is 7.24. The van der Waals surface area contributed by atoms with E-state index in [4.69, 9.17) is 54.9 Å². The molecule has 51 heavy (non-hydrogen) atoms. The fourth-order valence-corrected chi connectivity index (χ4v) is 7.78. The summed E-state index contributed by atoms with van der Waals surface area (Å²) < 4.78 is 4.20. The van der Waals surface area contributed by atoms with Crippen molar-refractivity contribution in [2.45, 2.75) is 0 Å². The van der Waals surface area contributed by atoms with Crippen molar-refractivity contribution in [3.8, 4) is 33.6 Å². The molecule has 9 aromatic rings. The Morgan fingerprint density at radius 2 is 0.902 bits per heavy atom. The predicted octanol–water partition coefficient (Wildman–Crippen LogP) is 2.77. The van der Waals surface area contributed by atoms with Gasteiger partial charge in [0.1, 0.15) is 54.9 Å². The van der Waals surface area contributed by atoms with Crippen molar-refractivity contribution in [1.29, 1.82) is 0 Å². The number of aromatic nitrogens is 2. The molecule has 9 heteroatoms. The molecule has 0 aliphatic heterocycles. The standard InChI is InChI=1S/C42H21B7N2/c43-34-30(35(44)39(48)41-32(34)33-36(45)37(46)38(47)40(49)42(33)51(41)25-15-8-3-9-16-25)23-19-20-28-27(21-23)31-26(22-11-4-1-5-12-22)17-10-18-29(31)50(28)24-13-6-2-7-14-24/h1-21H. The molecule has 7 aromatic carbocycles. The highest BCUT2D eigenvalue weighted by molar-refractivity contribution is 6.69. The highest BCUT2D eigenvalue weighted by atomic mass is 15.0. The molecule has 0 unspecified atom stereocenters. The first-order valence-electron chi connectivity index (χ1n) is 16.6. The van der Waals surface area contributed by atoms with Gasteiger partial charge in [-0.15, -0.1) is 10.9 Å². The number of benzene rings is 7. The Morgan fingerprint density at radius 1 is 0.353 bits per heavy atom. The number of nitrogens with zero attached hydrogens (tertiary/aromatic N) is 2. The predicted molar refractivity (Wildman–Crippen MR) is 224 cm³/mol. The minimum Gasteiger partial charge on any atom is -0.311 e. The second-order valence-electron chi connectivity index (χ2n) is 12.9. The van der Waals surface area contributed by atoms with Gasteiger partial charge in [0.05, 0.1) is 11.0 Å². The van der Waals surface area contributed by atoms with Crippen molar-refractivity contribution >= 4 is 137 Å². The van der Waals surface area contributed by atoms with Crippen LogP contribution in [0.1, 0.15) is 0 Å². The Balaban J connectivity index is 1.42. The van der Waals surface area contributed by atoms with E-state index in [9.17, 15) is 0 Å². The lowest BCUT2D eigenvalue weighted by Crippen LogP contribution is -2.48. The van der Waals surface area contributed by atoms with E-state index >= 15 is 0 Å².